The van der Waals surface area contributed by atoms with Gasteiger partial charge in [0, 0.05) is 18.5 Å². The molecule has 2 atom stereocenters. The van der Waals surface area contributed by atoms with E-state index >= 15 is 0 Å². The number of aliphatic hydroxyl groups is 1. The number of imidazole rings is 1. The van der Waals surface area contributed by atoms with Crippen LogP contribution >= 0.6 is 0 Å². The van der Waals surface area contributed by atoms with Crippen LogP contribution in [0.15, 0.2) is 36.8 Å². The van der Waals surface area contributed by atoms with Crippen LogP contribution in [-0.4, -0.2) is 21.2 Å². The molecule has 1 aliphatic carbocycles. The first kappa shape index (κ1) is 14.3. The maximum Gasteiger partial charge on any atom is 0.103 e. The lowest BCUT2D eigenvalue weighted by molar-refractivity contribution is 0.0122. The number of rotatable bonds is 4. The van der Waals surface area contributed by atoms with Crippen molar-refractivity contribution in [2.75, 3.05) is 6.54 Å². The summed E-state index contributed by atoms with van der Waals surface area (Å²) in [4.78, 5) is 4.18. The van der Waals surface area contributed by atoms with Crippen molar-refractivity contribution in [3.8, 4) is 0 Å². The number of fused-ring (bicyclic) bond motifs is 1. The summed E-state index contributed by atoms with van der Waals surface area (Å²) >= 11 is 0. The first-order chi connectivity index (χ1) is 10.2. The van der Waals surface area contributed by atoms with Crippen molar-refractivity contribution < 1.29 is 5.11 Å². The predicted octanol–water partition coefficient (Wildman–Crippen LogP) is 2.07. The zero-order valence-electron chi connectivity index (χ0n) is 12.5. The molecule has 0 amide bonds. The predicted molar refractivity (Wildman–Crippen MR) is 82.8 cm³/mol. The van der Waals surface area contributed by atoms with Gasteiger partial charge in [0.25, 0.3) is 0 Å². The number of hydrogen-bond donors (Lipinski definition) is 2. The van der Waals surface area contributed by atoms with Crippen LogP contribution in [0.5, 0.6) is 0 Å². The fourth-order valence-electron chi connectivity index (χ4n) is 3.48. The van der Waals surface area contributed by atoms with E-state index in [2.05, 4.69) is 36.2 Å². The summed E-state index contributed by atoms with van der Waals surface area (Å²) in [5, 5.41) is 11.0. The van der Waals surface area contributed by atoms with Gasteiger partial charge in [-0.3, -0.25) is 0 Å². The minimum absolute atomic E-state index is 0.290. The smallest absolute Gasteiger partial charge is 0.103 e. The summed E-state index contributed by atoms with van der Waals surface area (Å²) in [5.74, 6) is 0. The van der Waals surface area contributed by atoms with Crippen LogP contribution in [0.3, 0.4) is 0 Å². The highest BCUT2D eigenvalue weighted by Gasteiger charge is 2.41. The first-order valence-corrected chi connectivity index (χ1v) is 7.65. The van der Waals surface area contributed by atoms with Crippen LogP contribution in [0.2, 0.25) is 0 Å². The molecule has 0 aliphatic heterocycles. The summed E-state index contributed by atoms with van der Waals surface area (Å²) in [6.07, 6.45) is 5.70. The van der Waals surface area contributed by atoms with Crippen molar-refractivity contribution in [1.82, 2.24) is 9.55 Å². The van der Waals surface area contributed by atoms with Crippen molar-refractivity contribution in [1.29, 1.82) is 0 Å². The molecule has 0 bridgehead atoms. The van der Waals surface area contributed by atoms with Gasteiger partial charge in [0.15, 0.2) is 0 Å². The SMILES string of the molecule is CCn1cncc1C(O)C1(CN)CCc2ccccc2C1. The van der Waals surface area contributed by atoms with Crippen LogP contribution in [0.4, 0.5) is 0 Å². The fraction of sp³-hybridized carbons (Fsp3) is 0.471. The molecule has 1 aromatic carbocycles. The zero-order chi connectivity index (χ0) is 14.9. The van der Waals surface area contributed by atoms with Crippen molar-refractivity contribution in [3.63, 3.8) is 0 Å². The topological polar surface area (TPSA) is 64.1 Å². The maximum atomic E-state index is 11.0. The molecule has 0 radical (unpaired) electrons. The summed E-state index contributed by atoms with van der Waals surface area (Å²) in [5.41, 5.74) is 9.39. The largest absolute Gasteiger partial charge is 0.386 e. The van der Waals surface area contributed by atoms with Gasteiger partial charge in [0.1, 0.15) is 6.10 Å². The lowest BCUT2D eigenvalue weighted by atomic mass is 9.67. The number of hydrogen-bond acceptors (Lipinski definition) is 3. The first-order valence-electron chi connectivity index (χ1n) is 7.65. The molecule has 1 aromatic heterocycles. The van der Waals surface area contributed by atoms with Crippen molar-refractivity contribution >= 4 is 0 Å². The van der Waals surface area contributed by atoms with Gasteiger partial charge < -0.3 is 15.4 Å². The molecule has 2 unspecified atom stereocenters. The van der Waals surface area contributed by atoms with Gasteiger partial charge in [-0.05, 0) is 37.3 Å². The van der Waals surface area contributed by atoms with E-state index in [9.17, 15) is 5.11 Å². The molecule has 3 N–H and O–H groups in total. The average molecular weight is 285 g/mol. The molecule has 0 fully saturated rings. The van der Waals surface area contributed by atoms with E-state index in [1.165, 1.54) is 11.1 Å². The number of nitrogens with zero attached hydrogens (tertiary/aromatic N) is 2. The Morgan fingerprint density at radius 1 is 1.38 bits per heavy atom. The van der Waals surface area contributed by atoms with Crippen LogP contribution in [0.25, 0.3) is 0 Å². The molecule has 0 spiro atoms. The molecule has 1 aliphatic rings. The standard InChI is InChI=1S/C17H23N3O/c1-2-20-12-19-10-15(20)16(21)17(11-18)8-7-13-5-3-4-6-14(13)9-17/h3-6,10,12,16,21H,2,7-9,11,18H2,1H3. The lowest BCUT2D eigenvalue weighted by Crippen LogP contribution is -2.42. The van der Waals surface area contributed by atoms with Crippen molar-refractivity contribution in [3.05, 3.63) is 53.6 Å². The molecule has 21 heavy (non-hydrogen) atoms. The molecular weight excluding hydrogens is 262 g/mol. The van der Waals surface area contributed by atoms with Crippen molar-refractivity contribution in [2.45, 2.75) is 38.8 Å². The molecular formula is C17H23N3O. The van der Waals surface area contributed by atoms with Gasteiger partial charge in [-0.1, -0.05) is 24.3 Å². The van der Waals surface area contributed by atoms with Gasteiger partial charge in [-0.25, -0.2) is 4.98 Å². The molecule has 112 valence electrons. The van der Waals surface area contributed by atoms with Gasteiger partial charge >= 0.3 is 0 Å². The van der Waals surface area contributed by atoms with Crippen LogP contribution < -0.4 is 5.73 Å². The van der Waals surface area contributed by atoms with Gasteiger partial charge in [-0.15, -0.1) is 0 Å². The zero-order valence-corrected chi connectivity index (χ0v) is 12.5. The molecule has 4 heteroatoms. The highest BCUT2D eigenvalue weighted by Crippen LogP contribution is 2.44. The number of benzene rings is 1. The van der Waals surface area contributed by atoms with Crippen LogP contribution in [0.1, 0.15) is 36.3 Å². The van der Waals surface area contributed by atoms with E-state index in [4.69, 9.17) is 5.73 Å². The number of aromatic nitrogens is 2. The summed E-state index contributed by atoms with van der Waals surface area (Å²) in [6, 6.07) is 8.48. The second-order valence-electron chi connectivity index (χ2n) is 6.02. The highest BCUT2D eigenvalue weighted by atomic mass is 16.3. The van der Waals surface area contributed by atoms with E-state index in [0.717, 1.165) is 31.5 Å². The maximum absolute atomic E-state index is 11.0. The van der Waals surface area contributed by atoms with Gasteiger partial charge in [0.05, 0.1) is 18.2 Å². The molecule has 0 saturated carbocycles. The fourth-order valence-corrected chi connectivity index (χ4v) is 3.48. The Morgan fingerprint density at radius 3 is 2.86 bits per heavy atom. The minimum Gasteiger partial charge on any atom is -0.386 e. The van der Waals surface area contributed by atoms with Crippen molar-refractivity contribution in [2.24, 2.45) is 11.1 Å². The van der Waals surface area contributed by atoms with E-state index in [-0.39, 0.29) is 5.41 Å². The third kappa shape index (κ3) is 2.39. The number of aryl methyl sites for hydroxylation is 2. The molecule has 0 saturated heterocycles. The Kier molecular flexibility index (Phi) is 3.83. The van der Waals surface area contributed by atoms with Crippen LogP contribution in [-0.2, 0) is 19.4 Å². The summed E-state index contributed by atoms with van der Waals surface area (Å²) in [6.45, 7) is 3.35. The molecule has 1 heterocycles. The summed E-state index contributed by atoms with van der Waals surface area (Å²) in [7, 11) is 0. The third-order valence-electron chi connectivity index (χ3n) is 4.91. The molecule has 2 aromatic rings. The lowest BCUT2D eigenvalue weighted by Gasteiger charge is -2.41. The quantitative estimate of drug-likeness (QED) is 0.904. The molecule has 3 rings (SSSR count). The van der Waals surface area contributed by atoms with E-state index in [1.807, 2.05) is 4.57 Å². The van der Waals surface area contributed by atoms with E-state index in [1.54, 1.807) is 12.5 Å². The third-order valence-corrected chi connectivity index (χ3v) is 4.91. The molecule has 4 nitrogen and oxygen atoms in total. The Hall–Kier alpha value is -1.65. The van der Waals surface area contributed by atoms with Crippen LogP contribution in [0, 0.1) is 5.41 Å². The van der Waals surface area contributed by atoms with Gasteiger partial charge in [0.2, 0.25) is 0 Å². The Bertz CT molecular complexity index is 622. The average Bonchev–Trinajstić information content (AvgIpc) is 3.02. The monoisotopic (exact) mass is 285 g/mol. The Morgan fingerprint density at radius 2 is 2.14 bits per heavy atom. The Labute approximate surface area is 125 Å². The Balaban J connectivity index is 1.95. The van der Waals surface area contributed by atoms with E-state index in [0.29, 0.717) is 6.54 Å². The normalized spacial score (nSPS) is 22.8. The highest BCUT2D eigenvalue weighted by molar-refractivity contribution is 5.32. The number of aliphatic hydroxyl groups excluding tert-OH is 1. The number of nitrogens with two attached hydrogens (primary N) is 1. The summed E-state index contributed by atoms with van der Waals surface area (Å²) < 4.78 is 2.00. The van der Waals surface area contributed by atoms with E-state index < -0.39 is 6.10 Å². The second-order valence-corrected chi connectivity index (χ2v) is 6.02. The minimum atomic E-state index is -0.571. The second kappa shape index (κ2) is 5.62. The van der Waals surface area contributed by atoms with Gasteiger partial charge in [-0.2, -0.15) is 0 Å².